The van der Waals surface area contributed by atoms with E-state index < -0.39 is 0 Å². The van der Waals surface area contributed by atoms with E-state index in [-0.39, 0.29) is 0 Å². The molecule has 0 amide bonds. The SMILES string of the molecule is Cc1ccc(O)c(CN(C)CC2CCN(C)C2)c1. The second kappa shape index (κ2) is 5.72. The van der Waals surface area contributed by atoms with Crippen LogP contribution in [0.2, 0.25) is 0 Å². The average molecular weight is 248 g/mol. The van der Waals surface area contributed by atoms with Gasteiger partial charge in [-0.05, 0) is 46.0 Å². The molecule has 3 heteroatoms. The Labute approximate surface area is 110 Å². The van der Waals surface area contributed by atoms with Crippen molar-refractivity contribution in [1.82, 2.24) is 9.80 Å². The number of hydrogen-bond acceptors (Lipinski definition) is 3. The molecule has 18 heavy (non-hydrogen) atoms. The van der Waals surface area contributed by atoms with Crippen LogP contribution in [-0.4, -0.2) is 48.6 Å². The first-order valence-electron chi connectivity index (χ1n) is 6.70. The number of hydrogen-bond donors (Lipinski definition) is 1. The highest BCUT2D eigenvalue weighted by Crippen LogP contribution is 2.21. The van der Waals surface area contributed by atoms with Gasteiger partial charge in [0.25, 0.3) is 0 Å². The van der Waals surface area contributed by atoms with Crippen LogP contribution in [0.5, 0.6) is 5.75 Å². The first-order chi connectivity index (χ1) is 8.54. The number of phenols is 1. The lowest BCUT2D eigenvalue weighted by Crippen LogP contribution is -2.27. The summed E-state index contributed by atoms with van der Waals surface area (Å²) in [5, 5.41) is 9.85. The van der Waals surface area contributed by atoms with Gasteiger partial charge in [0.1, 0.15) is 5.75 Å². The van der Waals surface area contributed by atoms with Gasteiger partial charge in [-0.2, -0.15) is 0 Å². The third kappa shape index (κ3) is 3.47. The highest BCUT2D eigenvalue weighted by Gasteiger charge is 2.20. The molecule has 0 radical (unpaired) electrons. The Balaban J connectivity index is 1.90. The number of nitrogens with zero attached hydrogens (tertiary/aromatic N) is 2. The predicted molar refractivity (Wildman–Crippen MR) is 74.8 cm³/mol. The van der Waals surface area contributed by atoms with Crippen LogP contribution in [0.4, 0.5) is 0 Å². The molecule has 1 heterocycles. The number of aromatic hydroxyl groups is 1. The summed E-state index contributed by atoms with van der Waals surface area (Å²) in [6, 6.07) is 5.82. The van der Waals surface area contributed by atoms with Gasteiger partial charge in [-0.1, -0.05) is 17.7 Å². The van der Waals surface area contributed by atoms with Crippen LogP contribution in [0, 0.1) is 12.8 Å². The third-order valence-electron chi connectivity index (χ3n) is 3.73. The fraction of sp³-hybridized carbons (Fsp3) is 0.600. The molecule has 2 rings (SSSR count). The predicted octanol–water partition coefficient (Wildman–Crippen LogP) is 2.08. The Morgan fingerprint density at radius 3 is 2.89 bits per heavy atom. The van der Waals surface area contributed by atoms with Crippen molar-refractivity contribution in [3.63, 3.8) is 0 Å². The van der Waals surface area contributed by atoms with Crippen molar-refractivity contribution < 1.29 is 5.11 Å². The fourth-order valence-electron chi connectivity index (χ4n) is 2.81. The summed E-state index contributed by atoms with van der Waals surface area (Å²) in [6.07, 6.45) is 1.29. The van der Waals surface area contributed by atoms with Crippen molar-refractivity contribution in [2.75, 3.05) is 33.7 Å². The second-order valence-corrected chi connectivity index (χ2v) is 5.75. The maximum Gasteiger partial charge on any atom is 0.120 e. The van der Waals surface area contributed by atoms with Crippen molar-refractivity contribution in [2.24, 2.45) is 5.92 Å². The topological polar surface area (TPSA) is 26.7 Å². The molecule has 1 atom stereocenters. The fourth-order valence-corrected chi connectivity index (χ4v) is 2.81. The van der Waals surface area contributed by atoms with Crippen LogP contribution in [0.25, 0.3) is 0 Å². The molecule has 1 aromatic carbocycles. The molecular weight excluding hydrogens is 224 g/mol. The summed E-state index contributed by atoms with van der Waals surface area (Å²) >= 11 is 0. The van der Waals surface area contributed by atoms with Gasteiger partial charge in [0.05, 0.1) is 0 Å². The van der Waals surface area contributed by atoms with Crippen molar-refractivity contribution >= 4 is 0 Å². The molecule has 1 saturated heterocycles. The summed E-state index contributed by atoms with van der Waals surface area (Å²) in [6.45, 7) is 6.42. The molecule has 1 aliphatic heterocycles. The van der Waals surface area contributed by atoms with Gasteiger partial charge in [-0.15, -0.1) is 0 Å². The molecule has 1 unspecified atom stereocenters. The van der Waals surface area contributed by atoms with E-state index in [1.807, 2.05) is 6.07 Å². The molecule has 1 N–H and O–H groups in total. The summed E-state index contributed by atoms with van der Waals surface area (Å²) < 4.78 is 0. The summed E-state index contributed by atoms with van der Waals surface area (Å²) in [5.41, 5.74) is 2.24. The van der Waals surface area contributed by atoms with Crippen LogP contribution in [0.15, 0.2) is 18.2 Å². The Bertz CT molecular complexity index is 405. The van der Waals surface area contributed by atoms with E-state index in [4.69, 9.17) is 0 Å². The van der Waals surface area contributed by atoms with E-state index in [9.17, 15) is 5.11 Å². The van der Waals surface area contributed by atoms with Crippen LogP contribution in [-0.2, 0) is 6.54 Å². The van der Waals surface area contributed by atoms with Gasteiger partial charge in [-0.3, -0.25) is 0 Å². The molecule has 0 aliphatic carbocycles. The van der Waals surface area contributed by atoms with Crippen LogP contribution >= 0.6 is 0 Å². The van der Waals surface area contributed by atoms with Gasteiger partial charge in [0, 0.05) is 25.2 Å². The zero-order valence-corrected chi connectivity index (χ0v) is 11.7. The molecule has 1 aromatic rings. The summed E-state index contributed by atoms with van der Waals surface area (Å²) in [7, 11) is 4.33. The Morgan fingerprint density at radius 2 is 2.22 bits per heavy atom. The van der Waals surface area contributed by atoms with E-state index in [2.05, 4.69) is 36.9 Å². The van der Waals surface area contributed by atoms with E-state index in [0.29, 0.717) is 5.75 Å². The van der Waals surface area contributed by atoms with Gasteiger partial charge in [-0.25, -0.2) is 0 Å². The minimum Gasteiger partial charge on any atom is -0.508 e. The van der Waals surface area contributed by atoms with Crippen molar-refractivity contribution in [3.05, 3.63) is 29.3 Å². The van der Waals surface area contributed by atoms with Crippen LogP contribution < -0.4 is 0 Å². The number of benzene rings is 1. The van der Waals surface area contributed by atoms with Crippen molar-refractivity contribution in [2.45, 2.75) is 19.9 Å². The molecule has 0 saturated carbocycles. The first kappa shape index (κ1) is 13.4. The average Bonchev–Trinajstić information content (AvgIpc) is 2.69. The molecular formula is C15H24N2O. The van der Waals surface area contributed by atoms with Crippen molar-refractivity contribution in [1.29, 1.82) is 0 Å². The normalized spacial score (nSPS) is 20.8. The highest BCUT2D eigenvalue weighted by molar-refractivity contribution is 5.35. The van der Waals surface area contributed by atoms with Gasteiger partial charge in [0.2, 0.25) is 0 Å². The van der Waals surface area contributed by atoms with Crippen LogP contribution in [0.1, 0.15) is 17.5 Å². The Morgan fingerprint density at radius 1 is 1.44 bits per heavy atom. The monoisotopic (exact) mass is 248 g/mol. The quantitative estimate of drug-likeness (QED) is 0.884. The number of likely N-dealkylation sites (tertiary alicyclic amines) is 1. The zero-order chi connectivity index (χ0) is 13.1. The molecule has 1 aliphatic rings. The smallest absolute Gasteiger partial charge is 0.120 e. The Kier molecular flexibility index (Phi) is 4.25. The molecule has 0 bridgehead atoms. The summed E-state index contributed by atoms with van der Waals surface area (Å²) in [4.78, 5) is 4.71. The number of phenolic OH excluding ortho intramolecular Hbond substituents is 1. The van der Waals surface area contributed by atoms with Gasteiger partial charge in [0.15, 0.2) is 0 Å². The molecule has 1 fully saturated rings. The first-order valence-corrected chi connectivity index (χ1v) is 6.70. The molecule has 100 valence electrons. The standard InChI is InChI=1S/C15H24N2O/c1-12-4-5-15(18)14(8-12)11-17(3)10-13-6-7-16(2)9-13/h4-5,8,13,18H,6-7,9-11H2,1-3H3. The van der Waals surface area contributed by atoms with E-state index in [1.54, 1.807) is 6.07 Å². The van der Waals surface area contributed by atoms with E-state index in [1.165, 1.54) is 25.1 Å². The maximum atomic E-state index is 9.85. The lowest BCUT2D eigenvalue weighted by Gasteiger charge is -2.21. The minimum absolute atomic E-state index is 0.413. The minimum atomic E-state index is 0.413. The van der Waals surface area contributed by atoms with Crippen molar-refractivity contribution in [3.8, 4) is 5.75 Å². The third-order valence-corrected chi connectivity index (χ3v) is 3.73. The maximum absolute atomic E-state index is 9.85. The zero-order valence-electron chi connectivity index (χ0n) is 11.7. The molecule has 0 spiro atoms. The Hall–Kier alpha value is -1.06. The largest absolute Gasteiger partial charge is 0.508 e. The lowest BCUT2D eigenvalue weighted by atomic mass is 10.1. The van der Waals surface area contributed by atoms with Gasteiger partial charge >= 0.3 is 0 Å². The number of rotatable bonds is 4. The van der Waals surface area contributed by atoms with Crippen LogP contribution in [0.3, 0.4) is 0 Å². The molecule has 3 nitrogen and oxygen atoms in total. The summed E-state index contributed by atoms with van der Waals surface area (Å²) in [5.74, 6) is 1.18. The van der Waals surface area contributed by atoms with Gasteiger partial charge < -0.3 is 14.9 Å². The second-order valence-electron chi connectivity index (χ2n) is 5.75. The van der Waals surface area contributed by atoms with E-state index >= 15 is 0 Å². The lowest BCUT2D eigenvalue weighted by molar-refractivity contribution is 0.264. The number of aryl methyl sites for hydroxylation is 1. The van der Waals surface area contributed by atoms with E-state index in [0.717, 1.165) is 24.6 Å². The molecule has 0 aromatic heterocycles. The highest BCUT2D eigenvalue weighted by atomic mass is 16.3.